The van der Waals surface area contributed by atoms with E-state index in [-0.39, 0.29) is 11.9 Å². The summed E-state index contributed by atoms with van der Waals surface area (Å²) < 4.78 is 5.36. The molecule has 3 rings (SSSR count). The summed E-state index contributed by atoms with van der Waals surface area (Å²) in [4.78, 5) is 21.6. The summed E-state index contributed by atoms with van der Waals surface area (Å²) in [6.45, 7) is 8.32. The molecule has 1 aromatic rings. The Morgan fingerprint density at radius 1 is 1.30 bits per heavy atom. The minimum atomic E-state index is -0.0271. The summed E-state index contributed by atoms with van der Waals surface area (Å²) in [7, 11) is 0. The van der Waals surface area contributed by atoms with E-state index in [4.69, 9.17) is 4.74 Å². The molecule has 6 nitrogen and oxygen atoms in total. The third-order valence-corrected chi connectivity index (χ3v) is 4.45. The highest BCUT2D eigenvalue weighted by Gasteiger charge is 2.22. The van der Waals surface area contributed by atoms with Crippen LogP contribution in [0.15, 0.2) is 18.3 Å². The summed E-state index contributed by atoms with van der Waals surface area (Å²) in [6.07, 6.45) is 4.11. The van der Waals surface area contributed by atoms with E-state index < -0.39 is 0 Å². The zero-order chi connectivity index (χ0) is 16.1. The molecule has 0 radical (unpaired) electrons. The second-order valence-electron chi connectivity index (χ2n) is 6.36. The first-order valence-corrected chi connectivity index (χ1v) is 8.55. The maximum absolute atomic E-state index is 12.7. The van der Waals surface area contributed by atoms with Gasteiger partial charge in [0.15, 0.2) is 0 Å². The lowest BCUT2D eigenvalue weighted by Crippen LogP contribution is -2.46. The van der Waals surface area contributed by atoms with Gasteiger partial charge in [-0.25, -0.2) is 4.98 Å². The Labute approximate surface area is 137 Å². The molecule has 0 bridgehead atoms. The van der Waals surface area contributed by atoms with E-state index in [1.165, 1.54) is 12.8 Å². The molecule has 0 aromatic carbocycles. The highest BCUT2D eigenvalue weighted by Crippen LogP contribution is 2.21. The van der Waals surface area contributed by atoms with Gasteiger partial charge < -0.3 is 15.0 Å². The third-order valence-electron chi connectivity index (χ3n) is 4.45. The highest BCUT2D eigenvalue weighted by atomic mass is 16.5. The fourth-order valence-corrected chi connectivity index (χ4v) is 3.27. The van der Waals surface area contributed by atoms with Gasteiger partial charge in [0.1, 0.15) is 5.82 Å². The van der Waals surface area contributed by atoms with Crippen molar-refractivity contribution in [2.75, 3.05) is 50.8 Å². The standard InChI is InChI=1S/C17H26N4O2/c1-14(13-20-9-11-23-12-10-20)19-17(22)15-5-4-6-18-16(15)21-7-2-3-8-21/h4-6,14H,2-3,7-13H2,1H3,(H,19,22). The Kier molecular flexibility index (Phi) is 5.46. The minimum absolute atomic E-state index is 0.0271. The number of nitrogens with one attached hydrogen (secondary N) is 1. The van der Waals surface area contributed by atoms with Gasteiger partial charge in [0.25, 0.3) is 5.91 Å². The van der Waals surface area contributed by atoms with E-state index in [9.17, 15) is 4.79 Å². The lowest BCUT2D eigenvalue weighted by molar-refractivity contribution is 0.0342. The van der Waals surface area contributed by atoms with Crippen molar-refractivity contribution in [3.63, 3.8) is 0 Å². The first-order chi connectivity index (χ1) is 11.2. The number of nitrogens with zero attached hydrogens (tertiary/aromatic N) is 3. The normalized spacial score (nSPS) is 20.5. The molecule has 1 aromatic heterocycles. The molecule has 2 aliphatic heterocycles. The molecule has 0 spiro atoms. The Morgan fingerprint density at radius 2 is 2.04 bits per heavy atom. The number of aromatic nitrogens is 1. The average Bonchev–Trinajstić information content (AvgIpc) is 3.10. The summed E-state index contributed by atoms with van der Waals surface area (Å²) in [5.41, 5.74) is 0.684. The molecule has 0 aliphatic carbocycles. The van der Waals surface area contributed by atoms with Crippen molar-refractivity contribution in [2.24, 2.45) is 0 Å². The predicted octanol–water partition coefficient (Wildman–Crippen LogP) is 1.13. The van der Waals surface area contributed by atoms with Gasteiger partial charge in [-0.1, -0.05) is 0 Å². The van der Waals surface area contributed by atoms with Crippen LogP contribution >= 0.6 is 0 Å². The number of pyridine rings is 1. The molecule has 1 unspecified atom stereocenters. The van der Waals surface area contributed by atoms with Crippen molar-refractivity contribution in [3.8, 4) is 0 Å². The van der Waals surface area contributed by atoms with Gasteiger partial charge in [0, 0.05) is 45.0 Å². The Bertz CT molecular complexity index is 525. The topological polar surface area (TPSA) is 57.7 Å². The summed E-state index contributed by atoms with van der Waals surface area (Å²) in [5, 5.41) is 3.12. The lowest BCUT2D eigenvalue weighted by Gasteiger charge is -2.29. The first-order valence-electron chi connectivity index (χ1n) is 8.55. The number of amides is 1. The maximum atomic E-state index is 12.7. The first kappa shape index (κ1) is 16.2. The van der Waals surface area contributed by atoms with Gasteiger partial charge in [0.2, 0.25) is 0 Å². The summed E-state index contributed by atoms with van der Waals surface area (Å²) >= 11 is 0. The molecule has 2 aliphatic rings. The molecule has 1 N–H and O–H groups in total. The van der Waals surface area contributed by atoms with Crippen LogP contribution in [0.25, 0.3) is 0 Å². The van der Waals surface area contributed by atoms with Crippen molar-refractivity contribution in [1.82, 2.24) is 15.2 Å². The van der Waals surface area contributed by atoms with Crippen molar-refractivity contribution >= 4 is 11.7 Å². The van der Waals surface area contributed by atoms with Gasteiger partial charge in [-0.2, -0.15) is 0 Å². The largest absolute Gasteiger partial charge is 0.379 e. The minimum Gasteiger partial charge on any atom is -0.379 e. The van der Waals surface area contributed by atoms with Crippen LogP contribution in [-0.4, -0.2) is 67.8 Å². The third kappa shape index (κ3) is 4.20. The van der Waals surface area contributed by atoms with Crippen LogP contribution in [0.2, 0.25) is 0 Å². The molecule has 2 saturated heterocycles. The van der Waals surface area contributed by atoms with Crippen LogP contribution in [-0.2, 0) is 4.74 Å². The van der Waals surface area contributed by atoms with Crippen molar-refractivity contribution in [2.45, 2.75) is 25.8 Å². The number of carbonyl (C=O) groups is 1. The molecule has 3 heterocycles. The Morgan fingerprint density at radius 3 is 2.78 bits per heavy atom. The second-order valence-corrected chi connectivity index (χ2v) is 6.36. The highest BCUT2D eigenvalue weighted by molar-refractivity contribution is 5.99. The zero-order valence-corrected chi connectivity index (χ0v) is 13.8. The van der Waals surface area contributed by atoms with Gasteiger partial charge in [0.05, 0.1) is 18.8 Å². The zero-order valence-electron chi connectivity index (χ0n) is 13.8. The molecule has 126 valence electrons. The number of carbonyl (C=O) groups excluding carboxylic acids is 1. The molecule has 6 heteroatoms. The van der Waals surface area contributed by atoms with Crippen LogP contribution in [0, 0.1) is 0 Å². The lowest BCUT2D eigenvalue weighted by atomic mass is 10.2. The molecule has 1 atom stereocenters. The van der Waals surface area contributed by atoms with Crippen molar-refractivity contribution < 1.29 is 9.53 Å². The van der Waals surface area contributed by atoms with Crippen LogP contribution in [0.1, 0.15) is 30.1 Å². The van der Waals surface area contributed by atoms with E-state index in [2.05, 4.69) is 27.0 Å². The van der Waals surface area contributed by atoms with Gasteiger partial charge in [-0.15, -0.1) is 0 Å². The molecule has 23 heavy (non-hydrogen) atoms. The molecule has 0 saturated carbocycles. The van der Waals surface area contributed by atoms with Crippen LogP contribution in [0.4, 0.5) is 5.82 Å². The molecular formula is C17H26N4O2. The van der Waals surface area contributed by atoms with Crippen LogP contribution in [0.3, 0.4) is 0 Å². The fraction of sp³-hybridized carbons (Fsp3) is 0.647. The SMILES string of the molecule is CC(CN1CCOCC1)NC(=O)c1cccnc1N1CCCC1. The number of ether oxygens (including phenoxy) is 1. The molecule has 1 amide bonds. The van der Waals surface area contributed by atoms with Gasteiger partial charge >= 0.3 is 0 Å². The van der Waals surface area contributed by atoms with E-state index in [0.717, 1.165) is 51.8 Å². The van der Waals surface area contributed by atoms with Gasteiger partial charge in [-0.05, 0) is 31.9 Å². The smallest absolute Gasteiger partial charge is 0.255 e. The summed E-state index contributed by atoms with van der Waals surface area (Å²) in [5.74, 6) is 0.793. The molecular weight excluding hydrogens is 292 g/mol. The average molecular weight is 318 g/mol. The Hall–Kier alpha value is -1.66. The summed E-state index contributed by atoms with van der Waals surface area (Å²) in [6, 6.07) is 3.81. The van der Waals surface area contributed by atoms with E-state index in [1.807, 2.05) is 12.1 Å². The predicted molar refractivity (Wildman–Crippen MR) is 89.9 cm³/mol. The second kappa shape index (κ2) is 7.75. The van der Waals surface area contributed by atoms with Crippen molar-refractivity contribution in [3.05, 3.63) is 23.9 Å². The Balaban J connectivity index is 1.61. The molecule has 2 fully saturated rings. The maximum Gasteiger partial charge on any atom is 0.255 e. The van der Waals surface area contributed by atoms with E-state index in [1.54, 1.807) is 6.20 Å². The van der Waals surface area contributed by atoms with E-state index >= 15 is 0 Å². The van der Waals surface area contributed by atoms with Crippen molar-refractivity contribution in [1.29, 1.82) is 0 Å². The number of morpholine rings is 1. The van der Waals surface area contributed by atoms with Crippen LogP contribution < -0.4 is 10.2 Å². The van der Waals surface area contributed by atoms with Gasteiger partial charge in [-0.3, -0.25) is 9.69 Å². The van der Waals surface area contributed by atoms with Crippen LogP contribution in [0.5, 0.6) is 0 Å². The van der Waals surface area contributed by atoms with E-state index in [0.29, 0.717) is 5.56 Å². The number of rotatable bonds is 5. The number of anilines is 1. The fourth-order valence-electron chi connectivity index (χ4n) is 3.27. The number of hydrogen-bond donors (Lipinski definition) is 1. The quantitative estimate of drug-likeness (QED) is 0.882. The monoisotopic (exact) mass is 318 g/mol. The number of hydrogen-bond acceptors (Lipinski definition) is 5.